The van der Waals surface area contributed by atoms with Crippen LogP contribution in [0.25, 0.3) is 0 Å². The number of benzene rings is 2. The van der Waals surface area contributed by atoms with Crippen LogP contribution in [0.4, 0.5) is 5.13 Å². The Morgan fingerprint density at radius 2 is 1.78 bits per heavy atom. The van der Waals surface area contributed by atoms with Crippen LogP contribution < -0.4 is 20.1 Å². The highest BCUT2D eigenvalue weighted by atomic mass is 32.2. The second-order valence-corrected chi connectivity index (χ2v) is 8.95. The molecule has 1 heterocycles. The van der Waals surface area contributed by atoms with Crippen molar-refractivity contribution in [3.8, 4) is 11.5 Å². The van der Waals surface area contributed by atoms with Gasteiger partial charge in [0.2, 0.25) is 11.0 Å². The molecule has 0 fully saturated rings. The van der Waals surface area contributed by atoms with Gasteiger partial charge in [0.1, 0.15) is 0 Å². The third-order valence-electron chi connectivity index (χ3n) is 4.36. The van der Waals surface area contributed by atoms with Crippen molar-refractivity contribution in [3.05, 3.63) is 59.7 Å². The van der Waals surface area contributed by atoms with Gasteiger partial charge >= 0.3 is 0 Å². The Bertz CT molecular complexity index is 982. The van der Waals surface area contributed by atoms with Gasteiger partial charge in [-0.05, 0) is 43.5 Å². The number of hydrogen-bond acceptors (Lipinski definition) is 8. The standard InChI is InChI=1S/C23H28N4O3S2/c1-3-29-19-11-10-17(14-20(19)30-4-2)12-13-24-21(28)16-31-23-27-26-22(32-23)25-15-18-8-6-5-7-9-18/h5-11,14H,3-4,12-13,15-16H2,1-2H3,(H,24,28)(H,25,26). The van der Waals surface area contributed by atoms with Crippen molar-refractivity contribution in [2.24, 2.45) is 0 Å². The minimum Gasteiger partial charge on any atom is -0.490 e. The summed E-state index contributed by atoms with van der Waals surface area (Å²) in [4.78, 5) is 12.2. The predicted octanol–water partition coefficient (Wildman–Crippen LogP) is 4.40. The molecule has 2 aromatic carbocycles. The molecule has 0 saturated heterocycles. The lowest BCUT2D eigenvalue weighted by atomic mass is 10.1. The fraction of sp³-hybridized carbons (Fsp3) is 0.348. The maximum atomic E-state index is 12.2. The average Bonchev–Trinajstić information content (AvgIpc) is 3.27. The molecule has 3 rings (SSSR count). The Morgan fingerprint density at radius 3 is 2.56 bits per heavy atom. The van der Waals surface area contributed by atoms with Crippen LogP contribution in [0.5, 0.6) is 11.5 Å². The van der Waals surface area contributed by atoms with Gasteiger partial charge in [-0.25, -0.2) is 0 Å². The molecule has 0 aliphatic rings. The lowest BCUT2D eigenvalue weighted by Gasteiger charge is -2.12. The van der Waals surface area contributed by atoms with Crippen molar-refractivity contribution in [2.75, 3.05) is 30.8 Å². The van der Waals surface area contributed by atoms with Crippen LogP contribution in [-0.4, -0.2) is 41.6 Å². The summed E-state index contributed by atoms with van der Waals surface area (Å²) in [6.45, 7) is 6.30. The molecule has 0 unspecified atom stereocenters. The maximum Gasteiger partial charge on any atom is 0.230 e. The Hall–Kier alpha value is -2.78. The molecule has 9 heteroatoms. The van der Waals surface area contributed by atoms with Gasteiger partial charge in [-0.2, -0.15) is 0 Å². The zero-order chi connectivity index (χ0) is 22.6. The van der Waals surface area contributed by atoms with Crippen LogP contribution in [0.15, 0.2) is 52.9 Å². The van der Waals surface area contributed by atoms with Crippen LogP contribution in [-0.2, 0) is 17.8 Å². The van der Waals surface area contributed by atoms with Gasteiger partial charge in [-0.1, -0.05) is 59.5 Å². The van der Waals surface area contributed by atoms with E-state index in [1.54, 1.807) is 0 Å². The fourth-order valence-corrected chi connectivity index (χ4v) is 4.47. The van der Waals surface area contributed by atoms with E-state index in [2.05, 4.69) is 33.0 Å². The molecular formula is C23H28N4O3S2. The van der Waals surface area contributed by atoms with Crippen molar-refractivity contribution >= 4 is 34.1 Å². The third kappa shape index (κ3) is 7.72. The zero-order valence-corrected chi connectivity index (χ0v) is 19.9. The molecule has 1 amide bonds. The van der Waals surface area contributed by atoms with E-state index in [1.165, 1.54) is 28.7 Å². The van der Waals surface area contributed by atoms with E-state index in [4.69, 9.17) is 9.47 Å². The number of ether oxygens (including phenoxy) is 2. The van der Waals surface area contributed by atoms with Crippen LogP contribution in [0, 0.1) is 0 Å². The summed E-state index contributed by atoms with van der Waals surface area (Å²) in [5, 5.41) is 15.2. The van der Waals surface area contributed by atoms with Gasteiger partial charge in [0.25, 0.3) is 0 Å². The van der Waals surface area contributed by atoms with Gasteiger partial charge in [-0.3, -0.25) is 4.79 Å². The Labute approximate surface area is 196 Å². The Kier molecular flexibility index (Phi) is 9.64. The number of amides is 1. The smallest absolute Gasteiger partial charge is 0.230 e. The molecule has 170 valence electrons. The van der Waals surface area contributed by atoms with E-state index < -0.39 is 0 Å². The number of thioether (sulfide) groups is 1. The maximum absolute atomic E-state index is 12.2. The summed E-state index contributed by atoms with van der Waals surface area (Å²) in [7, 11) is 0. The molecule has 0 saturated carbocycles. The second-order valence-electron chi connectivity index (χ2n) is 6.75. The molecule has 0 atom stereocenters. The van der Waals surface area contributed by atoms with E-state index in [0.717, 1.165) is 33.0 Å². The summed E-state index contributed by atoms with van der Waals surface area (Å²) < 4.78 is 12.0. The van der Waals surface area contributed by atoms with Gasteiger partial charge in [-0.15, -0.1) is 10.2 Å². The first-order valence-electron chi connectivity index (χ1n) is 10.6. The highest BCUT2D eigenvalue weighted by molar-refractivity contribution is 8.01. The van der Waals surface area contributed by atoms with Gasteiger partial charge in [0.15, 0.2) is 15.8 Å². The van der Waals surface area contributed by atoms with Crippen molar-refractivity contribution in [3.63, 3.8) is 0 Å². The monoisotopic (exact) mass is 472 g/mol. The highest BCUT2D eigenvalue weighted by Crippen LogP contribution is 2.29. The van der Waals surface area contributed by atoms with E-state index in [0.29, 0.717) is 32.1 Å². The molecule has 0 bridgehead atoms. The fourth-order valence-electron chi connectivity index (χ4n) is 2.89. The number of rotatable bonds is 13. The quantitative estimate of drug-likeness (QED) is 0.357. The van der Waals surface area contributed by atoms with Crippen molar-refractivity contribution < 1.29 is 14.3 Å². The molecule has 0 aliphatic heterocycles. The average molecular weight is 473 g/mol. The molecule has 7 nitrogen and oxygen atoms in total. The van der Waals surface area contributed by atoms with E-state index in [-0.39, 0.29) is 5.91 Å². The molecule has 1 aromatic heterocycles. The number of carbonyl (C=O) groups is 1. The lowest BCUT2D eigenvalue weighted by Crippen LogP contribution is -2.27. The van der Waals surface area contributed by atoms with E-state index in [9.17, 15) is 4.79 Å². The number of hydrogen-bond donors (Lipinski definition) is 2. The number of carbonyl (C=O) groups excluding carboxylic acids is 1. The van der Waals surface area contributed by atoms with Crippen molar-refractivity contribution in [1.29, 1.82) is 0 Å². The summed E-state index contributed by atoms with van der Waals surface area (Å²) in [5.41, 5.74) is 2.26. The zero-order valence-electron chi connectivity index (χ0n) is 18.3. The molecule has 3 aromatic rings. The van der Waals surface area contributed by atoms with Gasteiger partial charge in [0.05, 0.1) is 19.0 Å². The highest BCUT2D eigenvalue weighted by Gasteiger charge is 2.09. The molecular weight excluding hydrogens is 444 g/mol. The topological polar surface area (TPSA) is 85.4 Å². The molecule has 2 N–H and O–H groups in total. The van der Waals surface area contributed by atoms with E-state index >= 15 is 0 Å². The minimum absolute atomic E-state index is 0.0278. The normalized spacial score (nSPS) is 10.6. The minimum atomic E-state index is -0.0278. The van der Waals surface area contributed by atoms with Crippen LogP contribution in [0.3, 0.4) is 0 Å². The first kappa shape index (κ1) is 23.9. The first-order chi connectivity index (χ1) is 15.7. The van der Waals surface area contributed by atoms with E-state index in [1.807, 2.05) is 50.2 Å². The summed E-state index contributed by atoms with van der Waals surface area (Å²) in [6, 6.07) is 16.0. The Morgan fingerprint density at radius 1 is 1.00 bits per heavy atom. The summed E-state index contributed by atoms with van der Waals surface area (Å²) >= 11 is 2.84. The molecule has 0 aliphatic carbocycles. The van der Waals surface area contributed by atoms with Crippen LogP contribution in [0.1, 0.15) is 25.0 Å². The SMILES string of the molecule is CCOc1ccc(CCNC(=O)CSc2nnc(NCc3ccccc3)s2)cc1OCC. The first-order valence-corrected chi connectivity index (χ1v) is 12.4. The predicted molar refractivity (Wildman–Crippen MR) is 130 cm³/mol. The van der Waals surface area contributed by atoms with Crippen molar-refractivity contribution in [1.82, 2.24) is 15.5 Å². The molecule has 0 spiro atoms. The number of anilines is 1. The van der Waals surface area contributed by atoms with Crippen LogP contribution >= 0.6 is 23.1 Å². The lowest BCUT2D eigenvalue weighted by molar-refractivity contribution is -0.118. The molecule has 32 heavy (non-hydrogen) atoms. The number of nitrogens with zero attached hydrogens (tertiary/aromatic N) is 2. The number of nitrogens with one attached hydrogen (secondary N) is 2. The van der Waals surface area contributed by atoms with Crippen LogP contribution in [0.2, 0.25) is 0 Å². The van der Waals surface area contributed by atoms with Gasteiger partial charge < -0.3 is 20.1 Å². The van der Waals surface area contributed by atoms with Crippen molar-refractivity contribution in [2.45, 2.75) is 31.2 Å². The largest absolute Gasteiger partial charge is 0.490 e. The second kappa shape index (κ2) is 12.9. The molecule has 0 radical (unpaired) electrons. The van der Waals surface area contributed by atoms with Gasteiger partial charge in [0, 0.05) is 13.1 Å². The third-order valence-corrected chi connectivity index (χ3v) is 6.38. The number of aromatic nitrogens is 2. The summed E-state index contributed by atoms with van der Waals surface area (Å²) in [5.74, 6) is 1.76. The Balaban J connectivity index is 1.38. The summed E-state index contributed by atoms with van der Waals surface area (Å²) in [6.07, 6.45) is 0.718.